The van der Waals surface area contributed by atoms with Crippen molar-refractivity contribution in [3.05, 3.63) is 76.3 Å². The fourth-order valence-corrected chi connectivity index (χ4v) is 3.77. The number of para-hydroxylation sites is 2. The van der Waals surface area contributed by atoms with Gasteiger partial charge in [0.25, 0.3) is 5.91 Å². The first kappa shape index (κ1) is 21.0. The van der Waals surface area contributed by atoms with Crippen LogP contribution in [0.25, 0.3) is 22.6 Å². The number of rotatable bonds is 4. The lowest BCUT2D eigenvalue weighted by Gasteiger charge is -2.13. The average molecular weight is 496 g/mol. The molecule has 0 bridgehead atoms. The highest BCUT2D eigenvalue weighted by Gasteiger charge is 2.13. The predicted molar refractivity (Wildman–Crippen MR) is 129 cm³/mol. The Kier molecular flexibility index (Phi) is 6.01. The van der Waals surface area contributed by atoms with E-state index in [0.717, 1.165) is 27.9 Å². The number of hydrogen-bond donors (Lipinski definition) is 2. The summed E-state index contributed by atoms with van der Waals surface area (Å²) in [6, 6.07) is 18.4. The zero-order chi connectivity index (χ0) is 22.0. The summed E-state index contributed by atoms with van der Waals surface area (Å²) in [6.45, 7) is 1.95. The number of nitrogens with zero attached hydrogens (tertiary/aromatic N) is 1. The van der Waals surface area contributed by atoms with E-state index in [1.54, 1.807) is 25.3 Å². The summed E-state index contributed by atoms with van der Waals surface area (Å²) in [5, 5.41) is 5.97. The fraction of sp³-hybridized carbons (Fsp3) is 0.0870. The summed E-state index contributed by atoms with van der Waals surface area (Å²) in [7, 11) is 1.57. The van der Waals surface area contributed by atoms with E-state index in [-0.39, 0.29) is 11.0 Å². The summed E-state index contributed by atoms with van der Waals surface area (Å²) < 4.78 is 11.7. The van der Waals surface area contributed by atoms with Gasteiger partial charge in [-0.2, -0.15) is 0 Å². The highest BCUT2D eigenvalue weighted by molar-refractivity contribution is 9.10. The third kappa shape index (κ3) is 4.60. The number of fused-ring (bicyclic) bond motifs is 1. The minimum Gasteiger partial charge on any atom is -0.496 e. The Labute approximate surface area is 192 Å². The third-order valence-corrected chi connectivity index (χ3v) is 5.49. The van der Waals surface area contributed by atoms with Gasteiger partial charge in [0.2, 0.25) is 5.89 Å². The maximum Gasteiger partial charge on any atom is 0.257 e. The molecule has 1 heterocycles. The van der Waals surface area contributed by atoms with Gasteiger partial charge in [-0.1, -0.05) is 18.2 Å². The lowest BCUT2D eigenvalue weighted by Crippen LogP contribution is -2.34. The monoisotopic (exact) mass is 495 g/mol. The highest BCUT2D eigenvalue weighted by atomic mass is 79.9. The van der Waals surface area contributed by atoms with Crippen LogP contribution in [-0.4, -0.2) is 23.1 Å². The molecule has 4 aromatic rings. The predicted octanol–water partition coefficient (Wildman–Crippen LogP) is 5.70. The summed E-state index contributed by atoms with van der Waals surface area (Å²) in [5.74, 6) is 0.833. The van der Waals surface area contributed by atoms with E-state index in [4.69, 9.17) is 21.4 Å². The summed E-state index contributed by atoms with van der Waals surface area (Å²) in [6.07, 6.45) is 0. The molecule has 0 aliphatic heterocycles. The molecule has 4 rings (SSSR count). The van der Waals surface area contributed by atoms with Crippen LogP contribution in [0.1, 0.15) is 15.9 Å². The number of anilines is 1. The average Bonchev–Trinajstić information content (AvgIpc) is 3.19. The van der Waals surface area contributed by atoms with Crippen molar-refractivity contribution in [1.29, 1.82) is 0 Å². The second kappa shape index (κ2) is 8.87. The number of oxazole rings is 1. The molecule has 2 N–H and O–H groups in total. The molecule has 0 fully saturated rings. The van der Waals surface area contributed by atoms with E-state index >= 15 is 0 Å². The molecule has 1 amide bonds. The number of carbonyl (C=O) groups excluding carboxylic acids is 1. The number of hydrogen-bond acceptors (Lipinski definition) is 5. The quantitative estimate of drug-likeness (QED) is 0.353. The summed E-state index contributed by atoms with van der Waals surface area (Å²) in [4.78, 5) is 17.1. The summed E-state index contributed by atoms with van der Waals surface area (Å²) in [5.41, 5.74) is 4.48. The molecule has 6 nitrogen and oxygen atoms in total. The second-order valence-electron chi connectivity index (χ2n) is 6.77. The molecule has 8 heteroatoms. The third-order valence-electron chi connectivity index (χ3n) is 4.67. The van der Waals surface area contributed by atoms with Gasteiger partial charge in [0.05, 0.1) is 11.6 Å². The number of aryl methyl sites for hydroxylation is 1. The molecule has 0 unspecified atom stereocenters. The molecule has 0 radical (unpaired) electrons. The van der Waals surface area contributed by atoms with Gasteiger partial charge in [-0.15, -0.1) is 0 Å². The number of carbonyl (C=O) groups is 1. The number of thiocarbonyl (C=S) groups is 1. The number of methoxy groups -OCH3 is 1. The van der Waals surface area contributed by atoms with E-state index in [9.17, 15) is 4.79 Å². The number of nitrogens with one attached hydrogen (secondary N) is 2. The van der Waals surface area contributed by atoms with Crippen molar-refractivity contribution in [2.45, 2.75) is 6.92 Å². The number of benzene rings is 3. The maximum absolute atomic E-state index is 12.5. The first-order chi connectivity index (χ1) is 14.9. The molecule has 3 aromatic carbocycles. The maximum atomic E-state index is 12.5. The molecule has 0 spiro atoms. The second-order valence-corrected chi connectivity index (χ2v) is 8.04. The lowest BCUT2D eigenvalue weighted by molar-refractivity contribution is 0.0977. The van der Waals surface area contributed by atoms with Crippen LogP contribution >= 0.6 is 28.1 Å². The van der Waals surface area contributed by atoms with Gasteiger partial charge in [-0.3, -0.25) is 10.1 Å². The molecule has 31 heavy (non-hydrogen) atoms. The first-order valence-corrected chi connectivity index (χ1v) is 10.6. The van der Waals surface area contributed by atoms with E-state index in [0.29, 0.717) is 21.7 Å². The first-order valence-electron chi connectivity index (χ1n) is 9.37. The summed E-state index contributed by atoms with van der Waals surface area (Å²) >= 11 is 8.73. The van der Waals surface area contributed by atoms with Crippen molar-refractivity contribution >= 4 is 56.0 Å². The lowest BCUT2D eigenvalue weighted by atomic mass is 10.1. The molecular weight excluding hydrogens is 478 g/mol. The van der Waals surface area contributed by atoms with Gasteiger partial charge < -0.3 is 14.5 Å². The Balaban J connectivity index is 1.50. The molecule has 0 aliphatic carbocycles. The van der Waals surface area contributed by atoms with Crippen molar-refractivity contribution in [3.63, 3.8) is 0 Å². The van der Waals surface area contributed by atoms with Gasteiger partial charge in [0, 0.05) is 16.8 Å². The zero-order valence-corrected chi connectivity index (χ0v) is 19.1. The molecule has 0 saturated carbocycles. The van der Waals surface area contributed by atoms with Gasteiger partial charge in [-0.05, 0) is 83.1 Å². The molecule has 156 valence electrons. The molecule has 0 atom stereocenters. The number of halogens is 1. The zero-order valence-electron chi connectivity index (χ0n) is 16.7. The van der Waals surface area contributed by atoms with Crippen LogP contribution in [-0.2, 0) is 0 Å². The Bertz CT molecular complexity index is 1270. The molecule has 0 aliphatic rings. The van der Waals surface area contributed by atoms with Gasteiger partial charge in [-0.25, -0.2) is 4.98 Å². The van der Waals surface area contributed by atoms with E-state index in [1.165, 1.54) is 0 Å². The molecule has 1 aromatic heterocycles. The number of amides is 1. The van der Waals surface area contributed by atoms with Gasteiger partial charge in [0.1, 0.15) is 11.3 Å². The smallest absolute Gasteiger partial charge is 0.257 e. The standard InChI is InChI=1S/C23H18BrN3O3S/c1-13-7-8-15(22-25-17-5-3-4-6-20(17)30-22)12-18(13)26-23(31)27-21(28)14-9-10-19(29-2)16(24)11-14/h3-12H,1-2H3,(H2,26,27,28,31). The minimum absolute atomic E-state index is 0.190. The fourth-order valence-electron chi connectivity index (χ4n) is 3.02. The van der Waals surface area contributed by atoms with Crippen LogP contribution < -0.4 is 15.4 Å². The van der Waals surface area contributed by atoms with Crippen LogP contribution in [0.3, 0.4) is 0 Å². The highest BCUT2D eigenvalue weighted by Crippen LogP contribution is 2.28. The molecular formula is C23H18BrN3O3S. The van der Waals surface area contributed by atoms with Crippen LogP contribution in [0.4, 0.5) is 5.69 Å². The van der Waals surface area contributed by atoms with Crippen molar-refractivity contribution in [2.75, 3.05) is 12.4 Å². The Morgan fingerprint density at radius 1 is 1.13 bits per heavy atom. The van der Waals surface area contributed by atoms with E-state index < -0.39 is 0 Å². The van der Waals surface area contributed by atoms with Crippen molar-refractivity contribution < 1.29 is 13.9 Å². The number of aromatic nitrogens is 1. The van der Waals surface area contributed by atoms with Crippen molar-refractivity contribution in [3.8, 4) is 17.2 Å². The van der Waals surface area contributed by atoms with Crippen molar-refractivity contribution in [1.82, 2.24) is 10.3 Å². The molecule has 0 saturated heterocycles. The van der Waals surface area contributed by atoms with E-state index in [2.05, 4.69) is 31.5 Å². The Morgan fingerprint density at radius 3 is 2.68 bits per heavy atom. The van der Waals surface area contributed by atoms with Crippen LogP contribution in [0, 0.1) is 6.92 Å². The van der Waals surface area contributed by atoms with Crippen LogP contribution in [0.2, 0.25) is 0 Å². The SMILES string of the molecule is COc1ccc(C(=O)NC(=S)Nc2cc(-c3nc4ccccc4o3)ccc2C)cc1Br. The minimum atomic E-state index is -0.325. The van der Waals surface area contributed by atoms with Crippen LogP contribution in [0.15, 0.2) is 69.6 Å². The van der Waals surface area contributed by atoms with Crippen molar-refractivity contribution in [2.24, 2.45) is 0 Å². The number of ether oxygens (including phenoxy) is 1. The van der Waals surface area contributed by atoms with Gasteiger partial charge >= 0.3 is 0 Å². The Morgan fingerprint density at radius 2 is 1.94 bits per heavy atom. The van der Waals surface area contributed by atoms with E-state index in [1.807, 2.05) is 49.4 Å². The van der Waals surface area contributed by atoms with Gasteiger partial charge in [0.15, 0.2) is 10.7 Å². The largest absolute Gasteiger partial charge is 0.496 e. The Hall–Kier alpha value is -3.23. The normalized spacial score (nSPS) is 10.7. The topological polar surface area (TPSA) is 76.4 Å². The van der Waals surface area contributed by atoms with Crippen LogP contribution in [0.5, 0.6) is 5.75 Å².